The molecular formula is C18H18N4O. The molecule has 0 atom stereocenters. The summed E-state index contributed by atoms with van der Waals surface area (Å²) in [5.41, 5.74) is 2.18. The van der Waals surface area contributed by atoms with Crippen LogP contribution in [-0.4, -0.2) is 26.3 Å². The van der Waals surface area contributed by atoms with E-state index in [1.54, 1.807) is 33.8 Å². The molecule has 2 aromatic heterocycles. The fourth-order valence-corrected chi connectivity index (χ4v) is 2.29. The van der Waals surface area contributed by atoms with Crippen molar-refractivity contribution in [1.82, 2.24) is 14.3 Å². The number of nitrogens with zero attached hydrogens (tertiary/aromatic N) is 4. The zero-order chi connectivity index (χ0) is 16.2. The lowest BCUT2D eigenvalue weighted by Gasteiger charge is -2.08. The van der Waals surface area contributed by atoms with Gasteiger partial charge in [0, 0.05) is 30.2 Å². The van der Waals surface area contributed by atoms with E-state index in [4.69, 9.17) is 0 Å². The van der Waals surface area contributed by atoms with Gasteiger partial charge in [0.2, 0.25) is 0 Å². The Bertz CT molecular complexity index is 859. The molecule has 2 heterocycles. The summed E-state index contributed by atoms with van der Waals surface area (Å²) in [6.45, 7) is 3.97. The predicted molar refractivity (Wildman–Crippen MR) is 88.4 cm³/mol. The third-order valence-electron chi connectivity index (χ3n) is 3.33. The van der Waals surface area contributed by atoms with Crippen molar-refractivity contribution in [2.45, 2.75) is 19.9 Å². The third kappa shape index (κ3) is 3.29. The molecule has 0 amide bonds. The van der Waals surface area contributed by atoms with Gasteiger partial charge < -0.3 is 0 Å². The summed E-state index contributed by atoms with van der Waals surface area (Å²) in [4.78, 5) is 17.2. The average molecular weight is 306 g/mol. The van der Waals surface area contributed by atoms with Gasteiger partial charge in [-0.2, -0.15) is 5.10 Å². The molecule has 3 rings (SSSR count). The van der Waals surface area contributed by atoms with Crippen molar-refractivity contribution in [1.29, 1.82) is 0 Å². The zero-order valence-corrected chi connectivity index (χ0v) is 13.1. The topological polar surface area (TPSA) is 52.2 Å². The number of pyridine rings is 1. The number of rotatable bonds is 3. The summed E-state index contributed by atoms with van der Waals surface area (Å²) in [6, 6.07) is 14.9. The van der Waals surface area contributed by atoms with Crippen LogP contribution in [0.5, 0.6) is 0 Å². The Hall–Kier alpha value is -2.95. The molecule has 23 heavy (non-hydrogen) atoms. The molecule has 5 nitrogen and oxygen atoms in total. The largest absolute Gasteiger partial charge is 0.268 e. The molecule has 0 aliphatic heterocycles. The molecule has 3 aromatic rings. The standard InChI is InChI=1S/C18H18N4O/c1-14(2)20-17-6-3-4-12-21(17)18(23)15-7-9-16(10-8-15)22-13-5-11-19-22/h3-14H,1-2H3. The third-order valence-corrected chi connectivity index (χ3v) is 3.33. The Morgan fingerprint density at radius 3 is 2.48 bits per heavy atom. The number of benzene rings is 1. The highest BCUT2D eigenvalue weighted by molar-refractivity contribution is 5.95. The molecular weight excluding hydrogens is 288 g/mol. The Morgan fingerprint density at radius 1 is 1.04 bits per heavy atom. The molecule has 0 unspecified atom stereocenters. The summed E-state index contributed by atoms with van der Waals surface area (Å²) in [6.07, 6.45) is 5.33. The Morgan fingerprint density at radius 2 is 1.83 bits per heavy atom. The van der Waals surface area contributed by atoms with E-state index in [1.165, 1.54) is 0 Å². The van der Waals surface area contributed by atoms with Gasteiger partial charge in [-0.3, -0.25) is 14.4 Å². The minimum atomic E-state index is -0.1000. The maximum Gasteiger partial charge on any atom is 0.263 e. The highest BCUT2D eigenvalue weighted by Crippen LogP contribution is 2.09. The Balaban J connectivity index is 1.95. The zero-order valence-electron chi connectivity index (χ0n) is 13.1. The van der Waals surface area contributed by atoms with Crippen LogP contribution in [0.3, 0.4) is 0 Å². The molecule has 116 valence electrons. The molecule has 0 radical (unpaired) electrons. The van der Waals surface area contributed by atoms with Crippen LogP contribution in [0.1, 0.15) is 24.2 Å². The van der Waals surface area contributed by atoms with E-state index in [9.17, 15) is 4.79 Å². The summed E-state index contributed by atoms with van der Waals surface area (Å²) in [7, 11) is 0. The highest BCUT2D eigenvalue weighted by Gasteiger charge is 2.09. The van der Waals surface area contributed by atoms with Gasteiger partial charge in [0.05, 0.1) is 5.69 Å². The molecule has 0 aliphatic carbocycles. The average Bonchev–Trinajstić information content (AvgIpc) is 3.09. The van der Waals surface area contributed by atoms with E-state index in [-0.39, 0.29) is 11.9 Å². The van der Waals surface area contributed by atoms with Crippen LogP contribution in [0.25, 0.3) is 5.69 Å². The molecule has 1 aromatic carbocycles. The number of hydrogen-bond acceptors (Lipinski definition) is 3. The number of aromatic nitrogens is 3. The Kier molecular flexibility index (Phi) is 4.19. The molecule has 0 spiro atoms. The molecule has 0 N–H and O–H groups in total. The van der Waals surface area contributed by atoms with Crippen molar-refractivity contribution in [3.8, 4) is 5.69 Å². The molecule has 0 saturated carbocycles. The minimum absolute atomic E-state index is 0.1000. The number of carbonyl (C=O) groups is 1. The SMILES string of the molecule is CC(C)N=c1ccccn1C(=O)c1ccc(-n2cccn2)cc1. The number of carbonyl (C=O) groups excluding carboxylic acids is 1. The van der Waals surface area contributed by atoms with E-state index in [0.29, 0.717) is 11.1 Å². The fraction of sp³-hybridized carbons (Fsp3) is 0.167. The van der Waals surface area contributed by atoms with Crippen LogP contribution < -0.4 is 5.49 Å². The van der Waals surface area contributed by atoms with Crippen LogP contribution >= 0.6 is 0 Å². The van der Waals surface area contributed by atoms with Gasteiger partial charge in [-0.25, -0.2) is 4.68 Å². The van der Waals surface area contributed by atoms with Crippen LogP contribution in [-0.2, 0) is 0 Å². The lowest BCUT2D eigenvalue weighted by molar-refractivity contribution is 0.0954. The van der Waals surface area contributed by atoms with Crippen molar-refractivity contribution >= 4 is 5.91 Å². The molecule has 0 fully saturated rings. The monoisotopic (exact) mass is 306 g/mol. The van der Waals surface area contributed by atoms with E-state index < -0.39 is 0 Å². The summed E-state index contributed by atoms with van der Waals surface area (Å²) >= 11 is 0. The lowest BCUT2D eigenvalue weighted by Crippen LogP contribution is -2.28. The number of hydrogen-bond donors (Lipinski definition) is 0. The summed E-state index contributed by atoms with van der Waals surface area (Å²) in [5.74, 6) is -0.1000. The van der Waals surface area contributed by atoms with Crippen LogP contribution in [0.4, 0.5) is 0 Å². The van der Waals surface area contributed by atoms with Crippen molar-refractivity contribution < 1.29 is 4.79 Å². The second kappa shape index (κ2) is 6.44. The first-order chi connectivity index (χ1) is 11.1. The highest BCUT2D eigenvalue weighted by atomic mass is 16.2. The molecule has 5 heteroatoms. The van der Waals surface area contributed by atoms with Gasteiger partial charge in [0.15, 0.2) is 0 Å². The van der Waals surface area contributed by atoms with Crippen molar-refractivity contribution in [2.24, 2.45) is 4.99 Å². The molecule has 0 aliphatic rings. The van der Waals surface area contributed by atoms with Crippen molar-refractivity contribution in [2.75, 3.05) is 0 Å². The van der Waals surface area contributed by atoms with Gasteiger partial charge in [-0.1, -0.05) is 6.07 Å². The maximum absolute atomic E-state index is 12.7. The quantitative estimate of drug-likeness (QED) is 0.747. The van der Waals surface area contributed by atoms with Crippen LogP contribution in [0, 0.1) is 0 Å². The van der Waals surface area contributed by atoms with E-state index >= 15 is 0 Å². The lowest BCUT2D eigenvalue weighted by atomic mass is 10.2. The second-order valence-electron chi connectivity index (χ2n) is 5.45. The van der Waals surface area contributed by atoms with Crippen LogP contribution in [0.15, 0.2) is 72.1 Å². The summed E-state index contributed by atoms with van der Waals surface area (Å²) in [5, 5.41) is 4.18. The minimum Gasteiger partial charge on any atom is -0.268 e. The Labute approximate surface area is 134 Å². The van der Waals surface area contributed by atoms with Gasteiger partial charge in [-0.05, 0) is 56.3 Å². The molecule has 0 saturated heterocycles. The summed E-state index contributed by atoms with van der Waals surface area (Å²) < 4.78 is 3.33. The van der Waals surface area contributed by atoms with Crippen molar-refractivity contribution in [3.63, 3.8) is 0 Å². The normalized spacial score (nSPS) is 11.9. The van der Waals surface area contributed by atoms with Crippen molar-refractivity contribution in [3.05, 3.63) is 78.2 Å². The van der Waals surface area contributed by atoms with Gasteiger partial charge in [0.1, 0.15) is 5.49 Å². The maximum atomic E-state index is 12.7. The fourth-order valence-electron chi connectivity index (χ4n) is 2.29. The predicted octanol–water partition coefficient (Wildman–Crippen LogP) is 2.67. The van der Waals surface area contributed by atoms with Gasteiger partial charge in [-0.15, -0.1) is 0 Å². The van der Waals surface area contributed by atoms with E-state index in [2.05, 4.69) is 10.1 Å². The first-order valence-electron chi connectivity index (χ1n) is 7.51. The van der Waals surface area contributed by atoms with Gasteiger partial charge >= 0.3 is 0 Å². The first kappa shape index (κ1) is 15.0. The first-order valence-corrected chi connectivity index (χ1v) is 7.51. The molecule has 0 bridgehead atoms. The van der Waals surface area contributed by atoms with Gasteiger partial charge in [0.25, 0.3) is 5.91 Å². The second-order valence-corrected chi connectivity index (χ2v) is 5.45. The van der Waals surface area contributed by atoms with Crippen LogP contribution in [0.2, 0.25) is 0 Å². The van der Waals surface area contributed by atoms with E-state index in [0.717, 1.165) is 5.69 Å². The smallest absolute Gasteiger partial charge is 0.263 e. The van der Waals surface area contributed by atoms with E-state index in [1.807, 2.05) is 56.4 Å².